The molecule has 5 rings (SSSR count). The average Bonchev–Trinajstić information content (AvgIpc) is 3.62. The van der Waals surface area contributed by atoms with E-state index in [4.69, 9.17) is 9.40 Å². The van der Waals surface area contributed by atoms with Crippen molar-refractivity contribution in [2.75, 3.05) is 18.4 Å². The Morgan fingerprint density at radius 1 is 1.08 bits per heavy atom. The molecule has 0 atom stereocenters. The number of rotatable bonds is 6. The van der Waals surface area contributed by atoms with Crippen LogP contribution in [-0.2, 0) is 0 Å². The van der Waals surface area contributed by atoms with Crippen LogP contribution in [0.5, 0.6) is 0 Å². The van der Waals surface area contributed by atoms with Gasteiger partial charge in [-0.2, -0.15) is 0 Å². The van der Waals surface area contributed by atoms with Crippen molar-refractivity contribution in [2.45, 2.75) is 25.7 Å². The fraction of sp³-hybridized carbons (Fsp3) is 0.231. The number of imidazole rings is 1. The number of nitrogens with one attached hydrogen (secondary N) is 1. The Labute approximate surface area is 211 Å². The van der Waals surface area contributed by atoms with E-state index in [1.807, 2.05) is 48.0 Å². The molecule has 0 spiro atoms. The number of hydrogen-bond acceptors (Lipinski definition) is 7. The molecule has 37 heavy (non-hydrogen) atoms. The van der Waals surface area contributed by atoms with E-state index in [1.165, 1.54) is 12.1 Å². The number of amides is 2. The number of pyridine rings is 1. The molecule has 1 fully saturated rings. The molecule has 1 aliphatic rings. The number of aryl methyl sites for hydroxylation is 1. The molecule has 188 valence electrons. The normalized spacial score (nSPS) is 13.9. The van der Waals surface area contributed by atoms with Gasteiger partial charge >= 0.3 is 5.88 Å². The first-order valence-electron chi connectivity index (χ1n) is 11.8. The van der Waals surface area contributed by atoms with Crippen molar-refractivity contribution < 1.29 is 18.9 Å². The van der Waals surface area contributed by atoms with Gasteiger partial charge in [0.25, 0.3) is 11.8 Å². The van der Waals surface area contributed by atoms with E-state index in [2.05, 4.69) is 10.3 Å². The molecule has 0 saturated carbocycles. The van der Waals surface area contributed by atoms with Gasteiger partial charge in [0.1, 0.15) is 4.92 Å². The second kappa shape index (κ2) is 10.1. The zero-order valence-corrected chi connectivity index (χ0v) is 20.0. The standard InChI is InChI=1S/C26H24N6O5/c1-17-2-7-21(25(33)29-19-3-5-20(6-4-19)31-15-12-27-16-31)24(28-17)18-10-13-30(14-11-18)26(34)22-8-9-23(37-22)32(35)36/h2-9,12,15-16,18H,10-11,13-14H2,1H3,(H,29,33). The highest BCUT2D eigenvalue weighted by molar-refractivity contribution is 6.05. The first-order chi connectivity index (χ1) is 17.9. The molecule has 1 aliphatic heterocycles. The minimum absolute atomic E-state index is 0.0146. The number of carbonyl (C=O) groups is 2. The number of benzene rings is 1. The first kappa shape index (κ1) is 23.9. The number of likely N-dealkylation sites (tertiary alicyclic amines) is 1. The van der Waals surface area contributed by atoms with E-state index in [0.717, 1.165) is 11.4 Å². The van der Waals surface area contributed by atoms with Gasteiger partial charge in [0.15, 0.2) is 5.76 Å². The number of furan rings is 1. The minimum atomic E-state index is -0.674. The third-order valence-electron chi connectivity index (χ3n) is 6.39. The van der Waals surface area contributed by atoms with Gasteiger partial charge in [0.05, 0.1) is 23.7 Å². The number of aromatic nitrogens is 3. The van der Waals surface area contributed by atoms with Gasteiger partial charge in [-0.3, -0.25) is 24.7 Å². The summed E-state index contributed by atoms with van der Waals surface area (Å²) in [7, 11) is 0. The molecule has 0 unspecified atom stereocenters. The van der Waals surface area contributed by atoms with E-state index in [0.29, 0.717) is 42.9 Å². The molecule has 2 amide bonds. The summed E-state index contributed by atoms with van der Waals surface area (Å²) in [5.41, 5.74) is 3.59. The van der Waals surface area contributed by atoms with E-state index in [-0.39, 0.29) is 23.5 Å². The van der Waals surface area contributed by atoms with Crippen molar-refractivity contribution in [2.24, 2.45) is 0 Å². The highest BCUT2D eigenvalue weighted by Crippen LogP contribution is 2.31. The molecule has 11 nitrogen and oxygen atoms in total. The van der Waals surface area contributed by atoms with Gasteiger partial charge in [0.2, 0.25) is 0 Å². The molecule has 4 aromatic rings. The number of hydrogen-bond donors (Lipinski definition) is 1. The third kappa shape index (κ3) is 5.10. The number of piperidine rings is 1. The molecular weight excluding hydrogens is 476 g/mol. The van der Waals surface area contributed by atoms with Crippen LogP contribution in [0.3, 0.4) is 0 Å². The SMILES string of the molecule is Cc1ccc(C(=O)Nc2ccc(-n3ccnc3)cc2)c(C2CCN(C(=O)c3ccc([N+](=O)[O-])o3)CC2)n1. The van der Waals surface area contributed by atoms with Gasteiger partial charge in [-0.15, -0.1) is 0 Å². The molecule has 0 bridgehead atoms. The van der Waals surface area contributed by atoms with Gasteiger partial charge in [0, 0.05) is 48.5 Å². The van der Waals surface area contributed by atoms with Gasteiger partial charge in [-0.25, -0.2) is 4.98 Å². The summed E-state index contributed by atoms with van der Waals surface area (Å²) in [4.78, 5) is 46.5. The van der Waals surface area contributed by atoms with Crippen LogP contribution in [0.15, 0.2) is 71.7 Å². The zero-order valence-electron chi connectivity index (χ0n) is 20.0. The number of nitrogens with zero attached hydrogens (tertiary/aromatic N) is 5. The summed E-state index contributed by atoms with van der Waals surface area (Å²) < 4.78 is 6.94. The largest absolute Gasteiger partial charge is 0.433 e. The van der Waals surface area contributed by atoms with Gasteiger partial charge < -0.3 is 19.2 Å². The maximum atomic E-state index is 13.2. The maximum absolute atomic E-state index is 13.2. The molecule has 4 heterocycles. The molecule has 1 aromatic carbocycles. The monoisotopic (exact) mass is 500 g/mol. The van der Waals surface area contributed by atoms with Crippen molar-refractivity contribution in [3.05, 3.63) is 100 Å². The van der Waals surface area contributed by atoms with Crippen LogP contribution in [0.4, 0.5) is 11.6 Å². The lowest BCUT2D eigenvalue weighted by atomic mass is 9.89. The molecule has 1 N–H and O–H groups in total. The Morgan fingerprint density at radius 3 is 2.49 bits per heavy atom. The average molecular weight is 501 g/mol. The summed E-state index contributed by atoms with van der Waals surface area (Å²) >= 11 is 0. The van der Waals surface area contributed by atoms with Crippen LogP contribution in [0.1, 0.15) is 51.1 Å². The van der Waals surface area contributed by atoms with Crippen molar-refractivity contribution in [1.82, 2.24) is 19.4 Å². The molecule has 0 aliphatic carbocycles. The lowest BCUT2D eigenvalue weighted by Crippen LogP contribution is -2.38. The van der Waals surface area contributed by atoms with Crippen LogP contribution in [0.2, 0.25) is 0 Å². The van der Waals surface area contributed by atoms with E-state index in [9.17, 15) is 19.7 Å². The Hall–Kier alpha value is -4.80. The van der Waals surface area contributed by atoms with E-state index >= 15 is 0 Å². The minimum Gasteiger partial charge on any atom is -0.395 e. The summed E-state index contributed by atoms with van der Waals surface area (Å²) in [5, 5.41) is 13.8. The highest BCUT2D eigenvalue weighted by atomic mass is 16.6. The van der Waals surface area contributed by atoms with Crippen molar-refractivity contribution in [3.63, 3.8) is 0 Å². The van der Waals surface area contributed by atoms with Crippen LogP contribution >= 0.6 is 0 Å². The zero-order chi connectivity index (χ0) is 25.9. The predicted molar refractivity (Wildman–Crippen MR) is 134 cm³/mol. The summed E-state index contributed by atoms with van der Waals surface area (Å²) in [6, 6.07) is 13.5. The first-order valence-corrected chi connectivity index (χ1v) is 11.8. The summed E-state index contributed by atoms with van der Waals surface area (Å²) in [6.07, 6.45) is 6.45. The van der Waals surface area contributed by atoms with Gasteiger partial charge in [-0.05, 0) is 62.2 Å². The van der Waals surface area contributed by atoms with Gasteiger partial charge in [-0.1, -0.05) is 0 Å². The Morgan fingerprint density at radius 2 is 1.84 bits per heavy atom. The van der Waals surface area contributed by atoms with Crippen LogP contribution in [-0.4, -0.2) is 49.3 Å². The fourth-order valence-corrected chi connectivity index (χ4v) is 4.46. The van der Waals surface area contributed by atoms with Crippen molar-refractivity contribution in [1.29, 1.82) is 0 Å². The highest BCUT2D eigenvalue weighted by Gasteiger charge is 2.30. The number of nitro groups is 1. The molecule has 0 radical (unpaired) electrons. The predicted octanol–water partition coefficient (Wildman–Crippen LogP) is 4.35. The third-order valence-corrected chi connectivity index (χ3v) is 6.39. The Balaban J connectivity index is 1.27. The smallest absolute Gasteiger partial charge is 0.395 e. The summed E-state index contributed by atoms with van der Waals surface area (Å²) in [6.45, 7) is 2.72. The summed E-state index contributed by atoms with van der Waals surface area (Å²) in [5.74, 6) is -1.17. The molecule has 3 aromatic heterocycles. The second-order valence-corrected chi connectivity index (χ2v) is 8.82. The molecule has 1 saturated heterocycles. The maximum Gasteiger partial charge on any atom is 0.433 e. The topological polar surface area (TPSA) is 136 Å². The van der Waals surface area contributed by atoms with Crippen LogP contribution in [0, 0.1) is 17.0 Å². The number of carbonyl (C=O) groups excluding carboxylic acids is 2. The molecular formula is C26H24N6O5. The lowest BCUT2D eigenvalue weighted by molar-refractivity contribution is -0.402. The number of anilines is 1. The van der Waals surface area contributed by atoms with E-state index < -0.39 is 10.8 Å². The fourth-order valence-electron chi connectivity index (χ4n) is 4.46. The lowest BCUT2D eigenvalue weighted by Gasteiger charge is -2.32. The van der Waals surface area contributed by atoms with Crippen LogP contribution in [0.25, 0.3) is 5.69 Å². The Bertz CT molecular complexity index is 1440. The quantitative estimate of drug-likeness (QED) is 0.307. The van der Waals surface area contributed by atoms with Crippen molar-refractivity contribution >= 4 is 23.4 Å². The second-order valence-electron chi connectivity index (χ2n) is 8.82. The van der Waals surface area contributed by atoms with Crippen molar-refractivity contribution in [3.8, 4) is 5.69 Å². The van der Waals surface area contributed by atoms with Crippen LogP contribution < -0.4 is 5.32 Å². The Kier molecular flexibility index (Phi) is 6.50. The van der Waals surface area contributed by atoms with E-state index in [1.54, 1.807) is 23.5 Å². The molecule has 11 heteroatoms.